The van der Waals surface area contributed by atoms with Gasteiger partial charge in [0, 0.05) is 18.9 Å². The zero-order valence-electron chi connectivity index (χ0n) is 11.1. The predicted molar refractivity (Wildman–Crippen MR) is 73.0 cm³/mol. The largest absolute Gasteiger partial charge is 0.477 e. The maximum atomic E-state index is 10.9. The standard InChI is InChI=1S/C14H15N3O2/c1-9-4-5-12(10(2)8-9)17(3)14-15-7-6-11(16-14)13(18)19/h4-8H,1-3H3,(H,18,19). The third-order valence-corrected chi connectivity index (χ3v) is 2.88. The van der Waals surface area contributed by atoms with Crippen molar-refractivity contribution in [2.45, 2.75) is 13.8 Å². The van der Waals surface area contributed by atoms with Crippen LogP contribution in [0.15, 0.2) is 30.5 Å². The summed E-state index contributed by atoms with van der Waals surface area (Å²) in [6.45, 7) is 4.03. The molecule has 0 fully saturated rings. The van der Waals surface area contributed by atoms with Crippen molar-refractivity contribution in [2.75, 3.05) is 11.9 Å². The van der Waals surface area contributed by atoms with Crippen LogP contribution in [0.3, 0.4) is 0 Å². The van der Waals surface area contributed by atoms with Gasteiger partial charge < -0.3 is 10.0 Å². The number of carboxylic acid groups (broad SMARTS) is 1. The van der Waals surface area contributed by atoms with Crippen molar-refractivity contribution >= 4 is 17.6 Å². The lowest BCUT2D eigenvalue weighted by molar-refractivity contribution is 0.0690. The van der Waals surface area contributed by atoms with Crippen molar-refractivity contribution in [3.8, 4) is 0 Å². The van der Waals surface area contributed by atoms with E-state index in [4.69, 9.17) is 5.11 Å². The Balaban J connectivity index is 2.41. The van der Waals surface area contributed by atoms with Gasteiger partial charge in [0.1, 0.15) is 0 Å². The zero-order valence-corrected chi connectivity index (χ0v) is 11.1. The first-order chi connectivity index (χ1) is 8.99. The lowest BCUT2D eigenvalue weighted by Crippen LogP contribution is -2.16. The number of aromatic carboxylic acids is 1. The smallest absolute Gasteiger partial charge is 0.354 e. The van der Waals surface area contributed by atoms with E-state index in [-0.39, 0.29) is 5.69 Å². The Labute approximate surface area is 111 Å². The summed E-state index contributed by atoms with van der Waals surface area (Å²) in [6, 6.07) is 7.41. The van der Waals surface area contributed by atoms with Gasteiger partial charge in [-0.05, 0) is 31.5 Å². The molecular formula is C14H15N3O2. The number of aryl methyl sites for hydroxylation is 2. The minimum absolute atomic E-state index is 0.0124. The van der Waals surface area contributed by atoms with Crippen LogP contribution in [0, 0.1) is 13.8 Å². The summed E-state index contributed by atoms with van der Waals surface area (Å²) in [5.74, 6) is -0.690. The fourth-order valence-electron chi connectivity index (χ4n) is 1.92. The van der Waals surface area contributed by atoms with Gasteiger partial charge in [0.25, 0.3) is 0 Å². The Morgan fingerprint density at radius 2 is 2.00 bits per heavy atom. The van der Waals surface area contributed by atoms with Crippen molar-refractivity contribution in [3.05, 3.63) is 47.3 Å². The average Bonchev–Trinajstić information content (AvgIpc) is 2.38. The van der Waals surface area contributed by atoms with Crippen molar-refractivity contribution in [2.24, 2.45) is 0 Å². The van der Waals surface area contributed by atoms with E-state index in [1.165, 1.54) is 17.8 Å². The van der Waals surface area contributed by atoms with Crippen LogP contribution in [-0.2, 0) is 0 Å². The molecule has 0 saturated heterocycles. The third kappa shape index (κ3) is 2.70. The number of carboxylic acids is 1. The van der Waals surface area contributed by atoms with Gasteiger partial charge in [0.05, 0.1) is 0 Å². The molecule has 0 bridgehead atoms. The van der Waals surface area contributed by atoms with Gasteiger partial charge in [-0.1, -0.05) is 17.7 Å². The van der Waals surface area contributed by atoms with Crippen LogP contribution in [0.2, 0.25) is 0 Å². The maximum absolute atomic E-state index is 10.9. The molecule has 0 spiro atoms. The number of nitrogens with zero attached hydrogens (tertiary/aromatic N) is 3. The van der Waals surface area contributed by atoms with Crippen LogP contribution in [0.25, 0.3) is 0 Å². The number of hydrogen-bond donors (Lipinski definition) is 1. The first kappa shape index (κ1) is 13.0. The van der Waals surface area contributed by atoms with Crippen molar-refractivity contribution in [1.82, 2.24) is 9.97 Å². The quantitative estimate of drug-likeness (QED) is 0.915. The van der Waals surface area contributed by atoms with Crippen molar-refractivity contribution in [3.63, 3.8) is 0 Å². The Kier molecular flexibility index (Phi) is 3.46. The second kappa shape index (κ2) is 5.06. The Morgan fingerprint density at radius 3 is 2.63 bits per heavy atom. The fourth-order valence-corrected chi connectivity index (χ4v) is 1.92. The lowest BCUT2D eigenvalue weighted by atomic mass is 10.1. The SMILES string of the molecule is Cc1ccc(N(C)c2nccc(C(=O)O)n2)c(C)c1. The van der Waals surface area contributed by atoms with Gasteiger partial charge >= 0.3 is 5.97 Å². The van der Waals surface area contributed by atoms with E-state index < -0.39 is 5.97 Å². The Morgan fingerprint density at radius 1 is 1.26 bits per heavy atom. The van der Waals surface area contributed by atoms with Gasteiger partial charge in [-0.25, -0.2) is 14.8 Å². The molecule has 0 radical (unpaired) electrons. The molecule has 0 aliphatic carbocycles. The number of rotatable bonds is 3. The number of carbonyl (C=O) groups is 1. The van der Waals surface area contributed by atoms with Gasteiger partial charge in [-0.15, -0.1) is 0 Å². The molecule has 2 aromatic rings. The van der Waals surface area contributed by atoms with E-state index in [1.54, 1.807) is 4.90 Å². The number of aromatic nitrogens is 2. The lowest BCUT2D eigenvalue weighted by Gasteiger charge is -2.19. The predicted octanol–water partition coefficient (Wildman–Crippen LogP) is 2.56. The summed E-state index contributed by atoms with van der Waals surface area (Å²) in [7, 11) is 1.82. The molecule has 5 nitrogen and oxygen atoms in total. The van der Waals surface area contributed by atoms with Gasteiger partial charge in [0.2, 0.25) is 5.95 Å². The van der Waals surface area contributed by atoms with E-state index in [9.17, 15) is 4.79 Å². The summed E-state index contributed by atoms with van der Waals surface area (Å²) in [5, 5.41) is 8.94. The topological polar surface area (TPSA) is 66.3 Å². The van der Waals surface area contributed by atoms with E-state index in [0.29, 0.717) is 5.95 Å². The Hall–Kier alpha value is -2.43. The van der Waals surface area contributed by atoms with Crippen LogP contribution < -0.4 is 4.90 Å². The van der Waals surface area contributed by atoms with E-state index in [2.05, 4.69) is 16.0 Å². The first-order valence-electron chi connectivity index (χ1n) is 5.86. The normalized spacial score (nSPS) is 10.3. The summed E-state index contributed by atoms with van der Waals surface area (Å²) in [4.78, 5) is 20.8. The van der Waals surface area contributed by atoms with E-state index in [0.717, 1.165) is 11.3 Å². The van der Waals surface area contributed by atoms with Crippen LogP contribution in [0.1, 0.15) is 21.6 Å². The summed E-state index contributed by atoms with van der Waals surface area (Å²) in [6.07, 6.45) is 1.45. The van der Waals surface area contributed by atoms with Crippen molar-refractivity contribution in [1.29, 1.82) is 0 Å². The Bertz CT molecular complexity index is 626. The average molecular weight is 257 g/mol. The molecule has 1 heterocycles. The molecule has 0 unspecified atom stereocenters. The molecular weight excluding hydrogens is 242 g/mol. The molecule has 1 aromatic heterocycles. The summed E-state index contributed by atoms with van der Waals surface area (Å²) >= 11 is 0. The number of benzene rings is 1. The van der Waals surface area contributed by atoms with Crippen LogP contribution >= 0.6 is 0 Å². The monoisotopic (exact) mass is 257 g/mol. The molecule has 0 aliphatic heterocycles. The molecule has 98 valence electrons. The van der Waals surface area contributed by atoms with E-state index in [1.807, 2.05) is 33.0 Å². The van der Waals surface area contributed by atoms with E-state index >= 15 is 0 Å². The third-order valence-electron chi connectivity index (χ3n) is 2.88. The molecule has 0 atom stereocenters. The molecule has 2 rings (SSSR count). The number of hydrogen-bond acceptors (Lipinski definition) is 4. The summed E-state index contributed by atoms with van der Waals surface area (Å²) in [5.41, 5.74) is 3.21. The van der Waals surface area contributed by atoms with Crippen LogP contribution in [0.4, 0.5) is 11.6 Å². The minimum Gasteiger partial charge on any atom is -0.477 e. The molecule has 19 heavy (non-hydrogen) atoms. The zero-order chi connectivity index (χ0) is 14.0. The fraction of sp³-hybridized carbons (Fsp3) is 0.214. The highest BCUT2D eigenvalue weighted by Crippen LogP contribution is 2.24. The highest BCUT2D eigenvalue weighted by molar-refractivity contribution is 5.85. The van der Waals surface area contributed by atoms with Crippen LogP contribution in [0.5, 0.6) is 0 Å². The molecule has 0 amide bonds. The summed E-state index contributed by atoms with van der Waals surface area (Å²) < 4.78 is 0. The van der Waals surface area contributed by atoms with Crippen molar-refractivity contribution < 1.29 is 9.90 Å². The second-order valence-corrected chi connectivity index (χ2v) is 4.40. The highest BCUT2D eigenvalue weighted by atomic mass is 16.4. The molecule has 0 saturated carbocycles. The molecule has 5 heteroatoms. The molecule has 0 aliphatic rings. The first-order valence-corrected chi connectivity index (χ1v) is 5.86. The second-order valence-electron chi connectivity index (χ2n) is 4.40. The highest BCUT2D eigenvalue weighted by Gasteiger charge is 2.12. The van der Waals surface area contributed by atoms with Crippen LogP contribution in [-0.4, -0.2) is 28.1 Å². The maximum Gasteiger partial charge on any atom is 0.354 e. The number of anilines is 2. The van der Waals surface area contributed by atoms with Gasteiger partial charge in [-0.2, -0.15) is 0 Å². The minimum atomic E-state index is -1.06. The molecule has 1 N–H and O–H groups in total. The van der Waals surface area contributed by atoms with Gasteiger partial charge in [-0.3, -0.25) is 0 Å². The van der Waals surface area contributed by atoms with Gasteiger partial charge in [0.15, 0.2) is 5.69 Å². The molecule has 1 aromatic carbocycles.